The Hall–Kier alpha value is -3.80. The second-order valence-electron chi connectivity index (χ2n) is 7.27. The molecule has 0 saturated heterocycles. The highest BCUT2D eigenvalue weighted by atomic mass is 35.5. The van der Waals surface area contributed by atoms with E-state index >= 15 is 0 Å². The number of nitrogens with one attached hydrogen (secondary N) is 2. The minimum atomic E-state index is -0.421. The van der Waals surface area contributed by atoms with Gasteiger partial charge in [-0.1, -0.05) is 90.1 Å². The number of para-hydroxylation sites is 1. The molecular formula is C28H21ClN2O2S. The van der Waals surface area contributed by atoms with Gasteiger partial charge in [0.15, 0.2) is 0 Å². The average Bonchev–Trinajstić information content (AvgIpc) is 2.88. The van der Waals surface area contributed by atoms with E-state index in [1.807, 2.05) is 66.7 Å². The van der Waals surface area contributed by atoms with Crippen molar-refractivity contribution < 1.29 is 9.59 Å². The number of carbonyl (C=O) groups excluding carboxylic acids is 2. The number of benzene rings is 4. The molecule has 0 aromatic heterocycles. The molecular weight excluding hydrogens is 464 g/mol. The lowest BCUT2D eigenvalue weighted by atomic mass is 10.1. The fourth-order valence-electron chi connectivity index (χ4n) is 3.17. The quantitative estimate of drug-likeness (QED) is 0.222. The summed E-state index contributed by atoms with van der Waals surface area (Å²) in [6.45, 7) is 0. The van der Waals surface area contributed by atoms with Crippen molar-refractivity contribution in [3.63, 3.8) is 0 Å². The van der Waals surface area contributed by atoms with Gasteiger partial charge < -0.3 is 10.6 Å². The van der Waals surface area contributed by atoms with Crippen LogP contribution in [0, 0.1) is 0 Å². The van der Waals surface area contributed by atoms with E-state index in [0.29, 0.717) is 21.2 Å². The number of rotatable bonds is 7. The Morgan fingerprint density at radius 3 is 1.76 bits per heavy atom. The van der Waals surface area contributed by atoms with Crippen molar-refractivity contribution in [3.05, 3.63) is 137 Å². The van der Waals surface area contributed by atoms with Gasteiger partial charge >= 0.3 is 0 Å². The second kappa shape index (κ2) is 11.4. The molecule has 0 saturated carbocycles. The molecule has 0 bridgehead atoms. The number of anilines is 1. The molecule has 4 aromatic rings. The highest BCUT2D eigenvalue weighted by molar-refractivity contribution is 8.08. The molecule has 0 atom stereocenters. The van der Waals surface area contributed by atoms with Gasteiger partial charge in [-0.25, -0.2) is 0 Å². The van der Waals surface area contributed by atoms with Crippen LogP contribution in [-0.2, 0) is 4.79 Å². The Morgan fingerprint density at radius 1 is 0.647 bits per heavy atom. The van der Waals surface area contributed by atoms with Gasteiger partial charge in [-0.05, 0) is 54.1 Å². The maximum absolute atomic E-state index is 13.5. The van der Waals surface area contributed by atoms with Crippen LogP contribution in [0.2, 0.25) is 5.02 Å². The Balaban J connectivity index is 1.80. The Kier molecular flexibility index (Phi) is 7.81. The summed E-state index contributed by atoms with van der Waals surface area (Å²) in [7, 11) is 0. The van der Waals surface area contributed by atoms with E-state index in [1.54, 1.807) is 48.5 Å². The summed E-state index contributed by atoms with van der Waals surface area (Å²) in [5, 5.41) is 6.38. The first-order valence-electron chi connectivity index (χ1n) is 10.6. The smallest absolute Gasteiger partial charge is 0.273 e. The Bertz CT molecular complexity index is 1290. The molecule has 6 heteroatoms. The molecule has 168 valence electrons. The molecule has 4 nitrogen and oxygen atoms in total. The van der Waals surface area contributed by atoms with Gasteiger partial charge in [0.2, 0.25) is 0 Å². The summed E-state index contributed by atoms with van der Waals surface area (Å²) in [6.07, 6.45) is 0. The van der Waals surface area contributed by atoms with Crippen molar-refractivity contribution in [1.29, 1.82) is 0 Å². The minimum absolute atomic E-state index is 0.156. The molecule has 4 rings (SSSR count). The molecule has 0 spiro atoms. The molecule has 4 aromatic carbocycles. The van der Waals surface area contributed by atoms with Crippen molar-refractivity contribution in [1.82, 2.24) is 5.32 Å². The van der Waals surface area contributed by atoms with Crippen LogP contribution in [0.5, 0.6) is 0 Å². The molecule has 0 heterocycles. The third kappa shape index (κ3) is 6.16. The Morgan fingerprint density at radius 2 is 1.18 bits per heavy atom. The van der Waals surface area contributed by atoms with Gasteiger partial charge in [-0.15, -0.1) is 0 Å². The van der Waals surface area contributed by atoms with E-state index in [0.717, 1.165) is 10.5 Å². The summed E-state index contributed by atoms with van der Waals surface area (Å²) in [4.78, 5) is 28.1. The van der Waals surface area contributed by atoms with Gasteiger partial charge in [0.25, 0.3) is 11.8 Å². The molecule has 0 fully saturated rings. The summed E-state index contributed by atoms with van der Waals surface area (Å²) in [5.41, 5.74) is 2.04. The predicted octanol–water partition coefficient (Wildman–Crippen LogP) is 6.87. The number of amides is 2. The number of carbonyl (C=O) groups is 2. The summed E-state index contributed by atoms with van der Waals surface area (Å²) < 4.78 is 0. The van der Waals surface area contributed by atoms with Crippen LogP contribution in [0.3, 0.4) is 0 Å². The monoisotopic (exact) mass is 484 g/mol. The molecule has 0 radical (unpaired) electrons. The standard InChI is InChI=1S/C28H21ClN2O2S/c29-22-16-18-24(19-17-22)34-26(20-10-4-1-5-11-20)25(28(33)30-23-14-8-3-9-15-23)31-27(32)21-12-6-2-7-13-21/h1-19H,(H,30,33)(H,31,32). The van der Waals surface area contributed by atoms with Gasteiger partial charge in [-0.2, -0.15) is 0 Å². The van der Waals surface area contributed by atoms with Gasteiger partial charge in [0.1, 0.15) is 5.70 Å². The topological polar surface area (TPSA) is 58.2 Å². The lowest BCUT2D eigenvalue weighted by Crippen LogP contribution is -2.31. The first kappa shape index (κ1) is 23.4. The zero-order valence-electron chi connectivity index (χ0n) is 18.1. The molecule has 0 aliphatic rings. The molecule has 0 unspecified atom stereocenters. The average molecular weight is 485 g/mol. The summed E-state index contributed by atoms with van der Waals surface area (Å²) >= 11 is 7.44. The van der Waals surface area contributed by atoms with Crippen molar-refractivity contribution in [3.8, 4) is 0 Å². The maximum Gasteiger partial charge on any atom is 0.273 e. The van der Waals surface area contributed by atoms with E-state index in [2.05, 4.69) is 10.6 Å². The third-order valence-corrected chi connectivity index (χ3v) is 6.23. The van der Waals surface area contributed by atoms with Crippen LogP contribution in [-0.4, -0.2) is 11.8 Å². The van der Waals surface area contributed by atoms with Crippen LogP contribution in [0.25, 0.3) is 4.91 Å². The number of hydrogen-bond donors (Lipinski definition) is 2. The fraction of sp³-hybridized carbons (Fsp3) is 0. The molecule has 0 aliphatic carbocycles. The summed E-state index contributed by atoms with van der Waals surface area (Å²) in [6, 6.07) is 34.8. The largest absolute Gasteiger partial charge is 0.321 e. The van der Waals surface area contributed by atoms with E-state index in [-0.39, 0.29) is 11.6 Å². The highest BCUT2D eigenvalue weighted by Crippen LogP contribution is 2.37. The lowest BCUT2D eigenvalue weighted by molar-refractivity contribution is -0.113. The number of hydrogen-bond acceptors (Lipinski definition) is 3. The van der Waals surface area contributed by atoms with Crippen LogP contribution in [0.1, 0.15) is 15.9 Å². The lowest BCUT2D eigenvalue weighted by Gasteiger charge is -2.17. The van der Waals surface area contributed by atoms with Crippen molar-refractivity contribution >= 4 is 45.8 Å². The number of halogens is 1. The van der Waals surface area contributed by atoms with Crippen LogP contribution in [0.15, 0.2) is 126 Å². The van der Waals surface area contributed by atoms with E-state index in [4.69, 9.17) is 11.6 Å². The fourth-order valence-corrected chi connectivity index (χ4v) is 4.30. The molecule has 2 N–H and O–H groups in total. The third-order valence-electron chi connectivity index (χ3n) is 4.83. The van der Waals surface area contributed by atoms with Crippen molar-refractivity contribution in [2.24, 2.45) is 0 Å². The predicted molar refractivity (Wildman–Crippen MR) is 140 cm³/mol. The van der Waals surface area contributed by atoms with Gasteiger partial charge in [0, 0.05) is 26.1 Å². The second-order valence-corrected chi connectivity index (χ2v) is 8.79. The van der Waals surface area contributed by atoms with Crippen molar-refractivity contribution in [2.45, 2.75) is 4.90 Å². The molecule has 0 aliphatic heterocycles. The van der Waals surface area contributed by atoms with E-state index in [9.17, 15) is 9.59 Å². The van der Waals surface area contributed by atoms with Crippen LogP contribution in [0.4, 0.5) is 5.69 Å². The normalized spacial score (nSPS) is 11.3. The Labute approximate surface area is 207 Å². The van der Waals surface area contributed by atoms with Crippen LogP contribution >= 0.6 is 23.4 Å². The first-order valence-corrected chi connectivity index (χ1v) is 11.8. The zero-order valence-corrected chi connectivity index (χ0v) is 19.6. The SMILES string of the molecule is O=C(Nc1ccccc1)C(NC(=O)c1ccccc1)=C(Sc1ccc(Cl)cc1)c1ccccc1. The first-order chi connectivity index (χ1) is 16.6. The van der Waals surface area contributed by atoms with Gasteiger partial charge in [-0.3, -0.25) is 9.59 Å². The van der Waals surface area contributed by atoms with E-state index in [1.165, 1.54) is 11.8 Å². The minimum Gasteiger partial charge on any atom is -0.321 e. The van der Waals surface area contributed by atoms with Gasteiger partial charge in [0.05, 0.1) is 0 Å². The van der Waals surface area contributed by atoms with E-state index < -0.39 is 5.91 Å². The molecule has 2 amide bonds. The van der Waals surface area contributed by atoms with Crippen LogP contribution < -0.4 is 10.6 Å². The molecule has 34 heavy (non-hydrogen) atoms. The maximum atomic E-state index is 13.5. The zero-order chi connectivity index (χ0) is 23.8. The highest BCUT2D eigenvalue weighted by Gasteiger charge is 2.22. The summed E-state index contributed by atoms with van der Waals surface area (Å²) in [5.74, 6) is -0.792. The van der Waals surface area contributed by atoms with Crippen molar-refractivity contribution in [2.75, 3.05) is 5.32 Å². The number of thioether (sulfide) groups is 1.